The fraction of sp³-hybridized carbons (Fsp3) is 0.333. The monoisotopic (exact) mass is 290 g/mol. The predicted octanol–water partition coefficient (Wildman–Crippen LogP) is 3.37. The lowest BCUT2D eigenvalue weighted by Gasteiger charge is -2.25. The molecule has 4 nitrogen and oxygen atoms in total. The van der Waals surface area contributed by atoms with Crippen LogP contribution in [0.1, 0.15) is 19.4 Å². The van der Waals surface area contributed by atoms with Crippen LogP contribution in [0, 0.1) is 5.92 Å². The number of aromatic nitrogens is 2. The summed E-state index contributed by atoms with van der Waals surface area (Å²) in [6, 6.07) is 11.8. The first kappa shape index (κ1) is 14.6. The van der Waals surface area contributed by atoms with Crippen molar-refractivity contribution in [3.63, 3.8) is 0 Å². The standard InChI is InChI=1S/C15H19ClN4/c1-11(2)9-20(10-12-6-4-3-5-7-12)15-18-13(16)8-14(17)19-15/h3-8,11H,9-10H2,1-2H3,(H2,17,18,19). The minimum absolute atomic E-state index is 0.370. The van der Waals surface area contributed by atoms with Crippen molar-refractivity contribution in [2.45, 2.75) is 20.4 Å². The lowest BCUT2D eigenvalue weighted by molar-refractivity contribution is 0.599. The Balaban J connectivity index is 2.27. The summed E-state index contributed by atoms with van der Waals surface area (Å²) in [6.45, 7) is 5.89. The average molecular weight is 291 g/mol. The number of nitrogens with zero attached hydrogens (tertiary/aromatic N) is 3. The predicted molar refractivity (Wildman–Crippen MR) is 83.8 cm³/mol. The Bertz CT molecular complexity index is 537. The molecule has 0 bridgehead atoms. The molecular weight excluding hydrogens is 272 g/mol. The van der Waals surface area contributed by atoms with Gasteiger partial charge in [0.15, 0.2) is 0 Å². The molecule has 106 valence electrons. The summed E-state index contributed by atoms with van der Waals surface area (Å²) < 4.78 is 0. The Kier molecular flexibility index (Phi) is 4.79. The maximum absolute atomic E-state index is 5.98. The molecule has 0 aliphatic carbocycles. The van der Waals surface area contributed by atoms with Crippen LogP contribution in [0.15, 0.2) is 36.4 Å². The van der Waals surface area contributed by atoms with Gasteiger partial charge in [0.1, 0.15) is 11.0 Å². The van der Waals surface area contributed by atoms with Gasteiger partial charge >= 0.3 is 0 Å². The van der Waals surface area contributed by atoms with Crippen molar-refractivity contribution < 1.29 is 0 Å². The van der Waals surface area contributed by atoms with E-state index >= 15 is 0 Å². The molecule has 0 atom stereocenters. The number of halogens is 1. The molecule has 5 heteroatoms. The molecule has 2 N–H and O–H groups in total. The molecule has 2 rings (SSSR count). The lowest BCUT2D eigenvalue weighted by atomic mass is 10.1. The van der Waals surface area contributed by atoms with Crippen molar-refractivity contribution in [2.24, 2.45) is 5.92 Å². The number of anilines is 2. The number of nitrogen functional groups attached to an aromatic ring is 1. The summed E-state index contributed by atoms with van der Waals surface area (Å²) in [6.07, 6.45) is 0. The molecule has 0 saturated heterocycles. The maximum atomic E-state index is 5.98. The third-order valence-electron chi connectivity index (χ3n) is 2.79. The molecule has 1 aromatic carbocycles. The first-order valence-electron chi connectivity index (χ1n) is 6.63. The highest BCUT2D eigenvalue weighted by molar-refractivity contribution is 6.29. The van der Waals surface area contributed by atoms with Crippen molar-refractivity contribution in [1.82, 2.24) is 9.97 Å². The van der Waals surface area contributed by atoms with Crippen molar-refractivity contribution >= 4 is 23.4 Å². The van der Waals surface area contributed by atoms with Gasteiger partial charge in [-0.3, -0.25) is 0 Å². The molecule has 1 aromatic heterocycles. The Hall–Kier alpha value is -1.81. The second-order valence-corrected chi connectivity index (χ2v) is 5.56. The fourth-order valence-corrected chi connectivity index (χ4v) is 2.21. The Morgan fingerprint density at radius 1 is 1.20 bits per heavy atom. The van der Waals surface area contributed by atoms with Crippen LogP contribution in [0.5, 0.6) is 0 Å². The van der Waals surface area contributed by atoms with Crippen LogP contribution in [0.2, 0.25) is 5.15 Å². The number of benzene rings is 1. The number of hydrogen-bond donors (Lipinski definition) is 1. The van der Waals surface area contributed by atoms with Crippen molar-refractivity contribution in [2.75, 3.05) is 17.2 Å². The van der Waals surface area contributed by atoms with Crippen LogP contribution in [0.25, 0.3) is 0 Å². The minimum Gasteiger partial charge on any atom is -0.383 e. The molecule has 1 heterocycles. The third-order valence-corrected chi connectivity index (χ3v) is 2.98. The van der Waals surface area contributed by atoms with Gasteiger partial charge in [0.2, 0.25) is 5.95 Å². The van der Waals surface area contributed by atoms with Crippen LogP contribution in [-0.2, 0) is 6.54 Å². The summed E-state index contributed by atoms with van der Waals surface area (Å²) in [7, 11) is 0. The van der Waals surface area contributed by atoms with Crippen molar-refractivity contribution in [3.05, 3.63) is 47.1 Å². The van der Waals surface area contributed by atoms with Gasteiger partial charge in [-0.25, -0.2) is 4.98 Å². The van der Waals surface area contributed by atoms with Crippen LogP contribution >= 0.6 is 11.6 Å². The molecule has 0 amide bonds. The third kappa shape index (κ3) is 4.10. The zero-order valence-electron chi connectivity index (χ0n) is 11.8. The topological polar surface area (TPSA) is 55.0 Å². The van der Waals surface area contributed by atoms with Crippen molar-refractivity contribution in [1.29, 1.82) is 0 Å². The van der Waals surface area contributed by atoms with Crippen LogP contribution < -0.4 is 10.6 Å². The normalized spacial score (nSPS) is 10.8. The Morgan fingerprint density at radius 3 is 2.50 bits per heavy atom. The zero-order chi connectivity index (χ0) is 14.5. The van der Waals surface area contributed by atoms with Gasteiger partial charge in [-0.2, -0.15) is 4.98 Å². The lowest BCUT2D eigenvalue weighted by Crippen LogP contribution is -2.29. The number of rotatable bonds is 5. The van der Waals surface area contributed by atoms with Gasteiger partial charge in [0.25, 0.3) is 0 Å². The zero-order valence-corrected chi connectivity index (χ0v) is 12.5. The fourth-order valence-electron chi connectivity index (χ4n) is 2.03. The molecule has 0 aliphatic heterocycles. The molecule has 0 fully saturated rings. The van der Waals surface area contributed by atoms with E-state index in [2.05, 4.69) is 40.8 Å². The first-order valence-corrected chi connectivity index (χ1v) is 7.01. The first-order chi connectivity index (χ1) is 9.54. The van der Waals surface area contributed by atoms with E-state index in [1.54, 1.807) is 6.07 Å². The van der Waals surface area contributed by atoms with Crippen LogP contribution in [0.4, 0.5) is 11.8 Å². The highest BCUT2D eigenvalue weighted by Gasteiger charge is 2.13. The largest absolute Gasteiger partial charge is 0.383 e. The van der Waals surface area contributed by atoms with Gasteiger partial charge in [0.05, 0.1) is 0 Å². The molecule has 0 radical (unpaired) electrons. The van der Waals surface area contributed by atoms with Gasteiger partial charge in [-0.15, -0.1) is 0 Å². The number of nitrogens with two attached hydrogens (primary N) is 1. The van der Waals surface area contributed by atoms with E-state index in [1.165, 1.54) is 5.56 Å². The molecule has 0 saturated carbocycles. The molecule has 2 aromatic rings. The van der Waals surface area contributed by atoms with E-state index in [0.717, 1.165) is 13.1 Å². The van der Waals surface area contributed by atoms with Gasteiger partial charge in [0, 0.05) is 19.2 Å². The SMILES string of the molecule is CC(C)CN(Cc1ccccc1)c1nc(N)cc(Cl)n1. The minimum atomic E-state index is 0.370. The van der Waals surface area contributed by atoms with E-state index in [-0.39, 0.29) is 0 Å². The average Bonchev–Trinajstić information content (AvgIpc) is 2.37. The highest BCUT2D eigenvalue weighted by Crippen LogP contribution is 2.18. The summed E-state index contributed by atoms with van der Waals surface area (Å²) >= 11 is 5.98. The molecule has 0 aliphatic rings. The smallest absolute Gasteiger partial charge is 0.229 e. The Labute approximate surface area is 124 Å². The van der Waals surface area contributed by atoms with E-state index in [9.17, 15) is 0 Å². The molecular formula is C15H19ClN4. The van der Waals surface area contributed by atoms with Crippen molar-refractivity contribution in [3.8, 4) is 0 Å². The maximum Gasteiger partial charge on any atom is 0.229 e. The van der Waals surface area contributed by atoms with Crippen LogP contribution in [0.3, 0.4) is 0 Å². The van der Waals surface area contributed by atoms with E-state index in [4.69, 9.17) is 17.3 Å². The van der Waals surface area contributed by atoms with Gasteiger partial charge < -0.3 is 10.6 Å². The Morgan fingerprint density at radius 2 is 1.90 bits per heavy atom. The quantitative estimate of drug-likeness (QED) is 0.858. The summed E-state index contributed by atoms with van der Waals surface area (Å²) in [5.74, 6) is 1.46. The van der Waals surface area contributed by atoms with E-state index in [1.807, 2.05) is 18.2 Å². The summed E-state index contributed by atoms with van der Waals surface area (Å²) in [4.78, 5) is 10.7. The second-order valence-electron chi connectivity index (χ2n) is 5.18. The van der Waals surface area contributed by atoms with Gasteiger partial charge in [-0.1, -0.05) is 55.8 Å². The highest BCUT2D eigenvalue weighted by atomic mass is 35.5. The molecule has 0 spiro atoms. The molecule has 20 heavy (non-hydrogen) atoms. The second kappa shape index (κ2) is 6.57. The van der Waals surface area contributed by atoms with Gasteiger partial charge in [-0.05, 0) is 11.5 Å². The number of hydrogen-bond acceptors (Lipinski definition) is 4. The van der Waals surface area contributed by atoms with E-state index in [0.29, 0.717) is 22.8 Å². The van der Waals surface area contributed by atoms with E-state index < -0.39 is 0 Å². The van der Waals surface area contributed by atoms with Crippen LogP contribution in [-0.4, -0.2) is 16.5 Å². The summed E-state index contributed by atoms with van der Waals surface area (Å²) in [5, 5.41) is 0.370. The summed E-state index contributed by atoms with van der Waals surface area (Å²) in [5.41, 5.74) is 6.96. The molecule has 0 unspecified atom stereocenters.